The van der Waals surface area contributed by atoms with Gasteiger partial charge in [-0.2, -0.15) is 4.99 Å². The molecule has 0 saturated heterocycles. The number of nitrogens with two attached hydrogens (primary N) is 1. The van der Waals surface area contributed by atoms with E-state index >= 15 is 0 Å². The van der Waals surface area contributed by atoms with E-state index in [4.69, 9.17) is 10.5 Å². The van der Waals surface area contributed by atoms with Crippen molar-refractivity contribution in [1.29, 1.82) is 0 Å². The van der Waals surface area contributed by atoms with Crippen LogP contribution in [-0.2, 0) is 0 Å². The van der Waals surface area contributed by atoms with Gasteiger partial charge in [-0.1, -0.05) is 51.9 Å². The Morgan fingerprint density at radius 3 is 2.21 bits per heavy atom. The zero-order valence-electron chi connectivity index (χ0n) is 18.0. The summed E-state index contributed by atoms with van der Waals surface area (Å²) in [4.78, 5) is 11.1. The highest BCUT2D eigenvalue weighted by Gasteiger charge is 2.34. The molecule has 1 aliphatic heterocycles. The predicted molar refractivity (Wildman–Crippen MR) is 119 cm³/mol. The molecular formula is C22H37N5O. The van der Waals surface area contributed by atoms with E-state index in [-0.39, 0.29) is 0 Å². The Labute approximate surface area is 170 Å². The van der Waals surface area contributed by atoms with Crippen LogP contribution in [0.25, 0.3) is 0 Å². The van der Waals surface area contributed by atoms with Gasteiger partial charge >= 0.3 is 0 Å². The van der Waals surface area contributed by atoms with Gasteiger partial charge in [0.05, 0.1) is 7.11 Å². The third-order valence-electron chi connectivity index (χ3n) is 5.03. The largest absolute Gasteiger partial charge is 0.497 e. The van der Waals surface area contributed by atoms with E-state index in [2.05, 4.69) is 36.1 Å². The molecular weight excluding hydrogens is 350 g/mol. The number of hydrogen-bond acceptors (Lipinski definition) is 4. The molecule has 6 nitrogen and oxygen atoms in total. The highest BCUT2D eigenvalue weighted by atomic mass is 16.5. The first-order valence-electron chi connectivity index (χ1n) is 10.6. The fourth-order valence-corrected chi connectivity index (χ4v) is 3.49. The van der Waals surface area contributed by atoms with Crippen LogP contribution in [-0.4, -0.2) is 31.2 Å². The molecule has 0 amide bonds. The van der Waals surface area contributed by atoms with Gasteiger partial charge in [-0.25, -0.2) is 0 Å². The molecule has 1 aromatic rings. The van der Waals surface area contributed by atoms with Crippen LogP contribution in [0.3, 0.4) is 0 Å². The number of nitrogens with one attached hydrogen (secondary N) is 1. The van der Waals surface area contributed by atoms with Crippen LogP contribution < -0.4 is 20.7 Å². The fraction of sp³-hybridized carbons (Fsp3) is 0.636. The average molecular weight is 388 g/mol. The summed E-state index contributed by atoms with van der Waals surface area (Å²) in [6.45, 7) is 7.19. The van der Waals surface area contributed by atoms with E-state index in [0.29, 0.717) is 11.9 Å². The van der Waals surface area contributed by atoms with E-state index < -0.39 is 5.66 Å². The minimum Gasteiger partial charge on any atom is -0.497 e. The van der Waals surface area contributed by atoms with Crippen molar-refractivity contribution < 1.29 is 4.74 Å². The van der Waals surface area contributed by atoms with Crippen LogP contribution in [0.2, 0.25) is 0 Å². The van der Waals surface area contributed by atoms with Gasteiger partial charge in [-0.15, -0.1) is 0 Å². The summed E-state index contributed by atoms with van der Waals surface area (Å²) in [5.41, 5.74) is 6.82. The molecule has 2 rings (SSSR count). The number of unbranched alkanes of at least 4 members (excludes halogenated alkanes) is 7. The number of methoxy groups -OCH3 is 1. The molecule has 0 aromatic heterocycles. The van der Waals surface area contributed by atoms with Crippen molar-refractivity contribution in [3.05, 3.63) is 24.3 Å². The molecule has 28 heavy (non-hydrogen) atoms. The maximum absolute atomic E-state index is 6.28. The maximum Gasteiger partial charge on any atom is 0.223 e. The van der Waals surface area contributed by atoms with Crippen LogP contribution in [0.15, 0.2) is 34.3 Å². The Hall–Kier alpha value is -2.24. The summed E-state index contributed by atoms with van der Waals surface area (Å²) in [6, 6.07) is 7.80. The molecule has 0 unspecified atom stereocenters. The summed E-state index contributed by atoms with van der Waals surface area (Å²) in [7, 11) is 1.66. The number of ether oxygens (including phenoxy) is 1. The molecule has 0 spiro atoms. The van der Waals surface area contributed by atoms with E-state index in [1.807, 2.05) is 29.2 Å². The lowest BCUT2D eigenvalue weighted by Gasteiger charge is -2.43. The molecule has 1 aromatic carbocycles. The standard InChI is InChI=1S/C22H37N5O/c1-5-6-7-8-9-10-11-12-17-24-21-25-20(23)27(22(2,3)26-21)18-13-15-19(28-4)16-14-18/h13-16H,5-12,17H2,1-4H3,(H3,23,24,25,26). The molecule has 0 fully saturated rings. The molecule has 0 radical (unpaired) electrons. The lowest BCUT2D eigenvalue weighted by Crippen LogP contribution is -2.64. The maximum atomic E-state index is 6.28. The highest BCUT2D eigenvalue weighted by Crippen LogP contribution is 2.26. The number of nitrogens with zero attached hydrogens (tertiary/aromatic N) is 3. The van der Waals surface area contributed by atoms with Crippen molar-refractivity contribution in [1.82, 2.24) is 5.32 Å². The van der Waals surface area contributed by atoms with Gasteiger partial charge in [0.1, 0.15) is 11.4 Å². The van der Waals surface area contributed by atoms with Crippen LogP contribution in [0.5, 0.6) is 5.75 Å². The van der Waals surface area contributed by atoms with Gasteiger partial charge in [-0.05, 0) is 44.5 Å². The van der Waals surface area contributed by atoms with Crippen molar-refractivity contribution in [2.45, 2.75) is 77.8 Å². The van der Waals surface area contributed by atoms with Gasteiger partial charge in [-0.3, -0.25) is 9.89 Å². The molecule has 1 heterocycles. The number of hydrogen-bond donors (Lipinski definition) is 2. The van der Waals surface area contributed by atoms with E-state index in [9.17, 15) is 0 Å². The monoisotopic (exact) mass is 387 g/mol. The quantitative estimate of drug-likeness (QED) is 0.542. The highest BCUT2D eigenvalue weighted by molar-refractivity contribution is 6.06. The number of guanidine groups is 2. The molecule has 0 bridgehead atoms. The number of aliphatic imine (C=N–C) groups is 2. The van der Waals surface area contributed by atoms with Gasteiger partial charge < -0.3 is 15.8 Å². The Bertz CT molecular complexity index is 651. The summed E-state index contributed by atoms with van der Waals surface area (Å²) in [5, 5.41) is 3.40. The third-order valence-corrected chi connectivity index (χ3v) is 5.03. The first kappa shape index (κ1) is 22.1. The van der Waals surface area contributed by atoms with Crippen LogP contribution in [0.1, 0.15) is 72.1 Å². The number of anilines is 1. The minimum atomic E-state index is -0.418. The molecule has 156 valence electrons. The first-order valence-corrected chi connectivity index (χ1v) is 10.6. The molecule has 0 aliphatic carbocycles. The van der Waals surface area contributed by atoms with Gasteiger partial charge in [0.25, 0.3) is 0 Å². The zero-order chi connectivity index (χ0) is 20.4. The molecule has 3 N–H and O–H groups in total. The van der Waals surface area contributed by atoms with Gasteiger partial charge in [0.15, 0.2) is 0 Å². The fourth-order valence-electron chi connectivity index (χ4n) is 3.49. The topological polar surface area (TPSA) is 75.2 Å². The van der Waals surface area contributed by atoms with E-state index in [1.54, 1.807) is 7.11 Å². The van der Waals surface area contributed by atoms with Crippen molar-refractivity contribution in [3.8, 4) is 5.75 Å². The Balaban J connectivity index is 1.87. The molecule has 0 saturated carbocycles. The first-order chi connectivity index (χ1) is 13.5. The van der Waals surface area contributed by atoms with E-state index in [1.165, 1.54) is 44.9 Å². The molecule has 1 aliphatic rings. The van der Waals surface area contributed by atoms with E-state index in [0.717, 1.165) is 24.4 Å². The normalized spacial score (nSPS) is 17.4. The van der Waals surface area contributed by atoms with Crippen molar-refractivity contribution in [2.75, 3.05) is 18.6 Å². The van der Waals surface area contributed by atoms with Crippen molar-refractivity contribution in [3.63, 3.8) is 0 Å². The Kier molecular flexibility index (Phi) is 8.61. The second-order valence-corrected chi connectivity index (χ2v) is 7.87. The summed E-state index contributed by atoms with van der Waals surface area (Å²) in [6.07, 6.45) is 10.4. The second kappa shape index (κ2) is 10.9. The molecule has 0 atom stereocenters. The average Bonchev–Trinajstić information content (AvgIpc) is 2.66. The van der Waals surface area contributed by atoms with Gasteiger partial charge in [0.2, 0.25) is 11.9 Å². The number of rotatable bonds is 11. The zero-order valence-corrected chi connectivity index (χ0v) is 18.0. The van der Waals surface area contributed by atoms with Crippen molar-refractivity contribution in [2.24, 2.45) is 15.7 Å². The second-order valence-electron chi connectivity index (χ2n) is 7.87. The minimum absolute atomic E-state index is 0.418. The smallest absolute Gasteiger partial charge is 0.223 e. The van der Waals surface area contributed by atoms with Gasteiger partial charge in [0, 0.05) is 12.2 Å². The lowest BCUT2D eigenvalue weighted by molar-refractivity contribution is 0.414. The Morgan fingerprint density at radius 2 is 1.64 bits per heavy atom. The third kappa shape index (κ3) is 6.43. The number of benzene rings is 1. The SMILES string of the molecule is CCCCCCCCCCN=C1N=C(N)N(c2ccc(OC)cc2)C(C)(C)N1. The van der Waals surface area contributed by atoms with Crippen LogP contribution in [0.4, 0.5) is 5.69 Å². The predicted octanol–water partition coefficient (Wildman–Crippen LogP) is 4.65. The summed E-state index contributed by atoms with van der Waals surface area (Å²) in [5.74, 6) is 1.88. The summed E-state index contributed by atoms with van der Waals surface area (Å²) < 4.78 is 5.23. The summed E-state index contributed by atoms with van der Waals surface area (Å²) >= 11 is 0. The van der Waals surface area contributed by atoms with Crippen LogP contribution in [0, 0.1) is 0 Å². The lowest BCUT2D eigenvalue weighted by atomic mass is 10.1. The Morgan fingerprint density at radius 1 is 1.04 bits per heavy atom. The van der Waals surface area contributed by atoms with Crippen LogP contribution >= 0.6 is 0 Å². The molecule has 6 heteroatoms. The van der Waals surface area contributed by atoms with Crippen molar-refractivity contribution >= 4 is 17.6 Å².